The van der Waals surface area contributed by atoms with Gasteiger partial charge >= 0.3 is 58.4 Å². The molecule has 0 aromatic heterocycles. The van der Waals surface area contributed by atoms with Gasteiger partial charge in [-0.3, -0.25) is 0 Å². The van der Waals surface area contributed by atoms with Crippen molar-refractivity contribution < 1.29 is 78.5 Å². The molecular weight excluding hydrogens is 263 g/mol. The van der Waals surface area contributed by atoms with E-state index in [4.69, 9.17) is 14.2 Å². The van der Waals surface area contributed by atoms with Crippen LogP contribution in [-0.4, -0.2) is 38.7 Å². The van der Waals surface area contributed by atoms with Gasteiger partial charge in [0.05, 0.1) is 13.2 Å². The minimum atomic E-state index is -5.02. The molecule has 8 heteroatoms. The van der Waals surface area contributed by atoms with Gasteiger partial charge < -0.3 is 27.2 Å². The standard InChI is InChI=1S/C9H15BF3O3.K/c1-7(10(11,12)13)4-14-8-5-15-9(2,3)16-6-8;/h8H,1,4-6H2,2-3H3;/q-1;+1. The normalized spacial score (nSPS) is 20.8. The summed E-state index contributed by atoms with van der Waals surface area (Å²) in [6.45, 7) is 1.31. The van der Waals surface area contributed by atoms with Crippen LogP contribution in [0.1, 0.15) is 13.8 Å². The van der Waals surface area contributed by atoms with Crippen molar-refractivity contribution >= 4 is 6.98 Å². The molecule has 0 N–H and O–H groups in total. The Balaban J connectivity index is 0.00000256. The molecule has 0 atom stereocenters. The first-order chi connectivity index (χ1) is 7.21. The molecule has 0 spiro atoms. The van der Waals surface area contributed by atoms with E-state index in [0.29, 0.717) is 0 Å². The molecule has 1 aliphatic heterocycles. The van der Waals surface area contributed by atoms with E-state index in [1.54, 1.807) is 13.8 Å². The Labute approximate surface area is 142 Å². The fourth-order valence-corrected chi connectivity index (χ4v) is 1.09. The maximum absolute atomic E-state index is 12.1. The molecule has 1 rings (SSSR count). The molecule has 1 heterocycles. The molecule has 0 radical (unpaired) electrons. The Morgan fingerprint density at radius 3 is 2.24 bits per heavy atom. The van der Waals surface area contributed by atoms with Crippen LogP contribution in [0.5, 0.6) is 0 Å². The Morgan fingerprint density at radius 1 is 1.35 bits per heavy atom. The van der Waals surface area contributed by atoms with E-state index in [1.165, 1.54) is 0 Å². The zero-order valence-corrected chi connectivity index (χ0v) is 13.5. The summed E-state index contributed by atoms with van der Waals surface area (Å²) in [6.07, 6.45) is -0.470. The van der Waals surface area contributed by atoms with E-state index in [0.717, 1.165) is 0 Å². The Bertz CT molecular complexity index is 261. The van der Waals surface area contributed by atoms with Gasteiger partial charge in [-0.05, 0) is 13.8 Å². The molecule has 17 heavy (non-hydrogen) atoms. The van der Waals surface area contributed by atoms with Crippen molar-refractivity contribution in [2.45, 2.75) is 25.7 Å². The van der Waals surface area contributed by atoms with Crippen LogP contribution in [0.2, 0.25) is 0 Å². The zero-order chi connectivity index (χ0) is 12.4. The molecule has 1 aliphatic rings. The van der Waals surface area contributed by atoms with Crippen molar-refractivity contribution in [3.05, 3.63) is 12.1 Å². The third-order valence-electron chi connectivity index (χ3n) is 2.20. The van der Waals surface area contributed by atoms with Gasteiger partial charge in [-0.15, -0.1) is 12.1 Å². The van der Waals surface area contributed by atoms with Gasteiger partial charge in [-0.2, -0.15) is 0 Å². The van der Waals surface area contributed by atoms with E-state index in [9.17, 15) is 12.9 Å². The second-order valence-electron chi connectivity index (χ2n) is 4.19. The summed E-state index contributed by atoms with van der Waals surface area (Å²) in [5.74, 6) is -0.690. The predicted molar refractivity (Wildman–Crippen MR) is 53.9 cm³/mol. The number of hydrogen-bond donors (Lipinski definition) is 0. The van der Waals surface area contributed by atoms with Crippen molar-refractivity contribution in [3.63, 3.8) is 0 Å². The summed E-state index contributed by atoms with van der Waals surface area (Å²) < 4.78 is 51.9. The molecule has 0 unspecified atom stereocenters. The SMILES string of the molecule is C=C(COC1COC(C)(C)OC1)[B-](F)(F)F.[K+]. The third kappa shape index (κ3) is 6.72. The summed E-state index contributed by atoms with van der Waals surface area (Å²) in [4.78, 5) is 0. The second kappa shape index (κ2) is 7.04. The van der Waals surface area contributed by atoms with Gasteiger partial charge in [0.2, 0.25) is 0 Å². The monoisotopic (exact) mass is 278 g/mol. The number of rotatable bonds is 4. The molecule has 0 amide bonds. The molecule has 0 bridgehead atoms. The molecule has 0 aromatic carbocycles. The molecule has 0 aromatic rings. The fourth-order valence-electron chi connectivity index (χ4n) is 1.09. The Hall–Kier alpha value is 1.11. The minimum absolute atomic E-state index is 0. The molecule has 1 saturated heterocycles. The van der Waals surface area contributed by atoms with Crippen LogP contribution in [0, 0.1) is 0 Å². The van der Waals surface area contributed by atoms with E-state index in [-0.39, 0.29) is 64.6 Å². The quantitative estimate of drug-likeness (QED) is 0.624. The van der Waals surface area contributed by atoms with Crippen LogP contribution < -0.4 is 51.4 Å². The maximum atomic E-state index is 12.1. The predicted octanol–water partition coefficient (Wildman–Crippen LogP) is -0.899. The first kappa shape index (κ1) is 18.1. The summed E-state index contributed by atoms with van der Waals surface area (Å²) in [7, 11) is 0. The summed E-state index contributed by atoms with van der Waals surface area (Å²) in [5.41, 5.74) is -0.843. The van der Waals surface area contributed by atoms with Crippen LogP contribution in [0.25, 0.3) is 0 Å². The van der Waals surface area contributed by atoms with E-state index in [2.05, 4.69) is 6.58 Å². The largest absolute Gasteiger partial charge is 1.00 e. The van der Waals surface area contributed by atoms with Gasteiger partial charge in [-0.1, -0.05) is 0 Å². The third-order valence-corrected chi connectivity index (χ3v) is 2.20. The van der Waals surface area contributed by atoms with Crippen LogP contribution in [0.3, 0.4) is 0 Å². The average Bonchev–Trinajstić information content (AvgIpc) is 2.14. The first-order valence-corrected chi connectivity index (χ1v) is 4.98. The summed E-state index contributed by atoms with van der Waals surface area (Å²) in [5, 5.41) is 0. The van der Waals surface area contributed by atoms with Crippen LogP contribution in [0.4, 0.5) is 12.9 Å². The maximum Gasteiger partial charge on any atom is 1.00 e. The fraction of sp³-hybridized carbons (Fsp3) is 0.778. The number of hydrogen-bond acceptors (Lipinski definition) is 3. The smallest absolute Gasteiger partial charge is 0.445 e. The van der Waals surface area contributed by atoms with Crippen molar-refractivity contribution in [2.24, 2.45) is 0 Å². The van der Waals surface area contributed by atoms with Crippen LogP contribution in [-0.2, 0) is 14.2 Å². The van der Waals surface area contributed by atoms with Gasteiger partial charge in [0.1, 0.15) is 6.10 Å². The van der Waals surface area contributed by atoms with Gasteiger partial charge in [0.25, 0.3) is 0 Å². The van der Waals surface area contributed by atoms with Gasteiger partial charge in [-0.25, -0.2) is 0 Å². The topological polar surface area (TPSA) is 27.7 Å². The molecule has 3 nitrogen and oxygen atoms in total. The number of halogens is 3. The number of ether oxygens (including phenoxy) is 3. The molecule has 0 aliphatic carbocycles. The van der Waals surface area contributed by atoms with Gasteiger partial charge in [0.15, 0.2) is 5.79 Å². The van der Waals surface area contributed by atoms with E-state index >= 15 is 0 Å². The van der Waals surface area contributed by atoms with Gasteiger partial charge in [0, 0.05) is 6.61 Å². The van der Waals surface area contributed by atoms with Crippen molar-refractivity contribution in [1.29, 1.82) is 0 Å². The summed E-state index contributed by atoms with van der Waals surface area (Å²) >= 11 is 0. The van der Waals surface area contributed by atoms with Crippen molar-refractivity contribution in [3.8, 4) is 0 Å². The van der Waals surface area contributed by atoms with Crippen molar-refractivity contribution in [2.75, 3.05) is 19.8 Å². The van der Waals surface area contributed by atoms with Crippen molar-refractivity contribution in [1.82, 2.24) is 0 Å². The van der Waals surface area contributed by atoms with E-state index < -0.39 is 30.9 Å². The van der Waals surface area contributed by atoms with E-state index in [1.807, 2.05) is 0 Å². The minimum Gasteiger partial charge on any atom is -0.445 e. The molecular formula is C9H15BF3KO3. The summed E-state index contributed by atoms with van der Waals surface area (Å²) in [6, 6.07) is 0. The Morgan fingerprint density at radius 2 is 1.82 bits per heavy atom. The first-order valence-electron chi connectivity index (χ1n) is 4.98. The average molecular weight is 278 g/mol. The molecule has 94 valence electrons. The zero-order valence-electron chi connectivity index (χ0n) is 10.3. The van der Waals surface area contributed by atoms with Crippen LogP contribution >= 0.6 is 0 Å². The molecule has 0 saturated carbocycles. The van der Waals surface area contributed by atoms with Crippen LogP contribution in [0.15, 0.2) is 12.1 Å². The second-order valence-corrected chi connectivity index (χ2v) is 4.19. The Kier molecular flexibility index (Phi) is 7.50. The molecule has 1 fully saturated rings.